The molecule has 2 atom stereocenters. The quantitative estimate of drug-likeness (QED) is 0.725. The zero-order valence-corrected chi connectivity index (χ0v) is 8.72. The molecule has 0 saturated heterocycles. The summed E-state index contributed by atoms with van der Waals surface area (Å²) in [5.41, 5.74) is 4.70. The van der Waals surface area contributed by atoms with E-state index < -0.39 is 5.67 Å². The maximum Gasteiger partial charge on any atom is 0.125 e. The van der Waals surface area contributed by atoms with Gasteiger partial charge < -0.3 is 10.6 Å². The summed E-state index contributed by atoms with van der Waals surface area (Å²) in [7, 11) is 0. The summed E-state index contributed by atoms with van der Waals surface area (Å²) in [4.78, 5) is 2.14. The van der Waals surface area contributed by atoms with Crippen LogP contribution < -0.4 is 5.73 Å². The van der Waals surface area contributed by atoms with Crippen LogP contribution in [-0.4, -0.2) is 36.2 Å². The third-order valence-corrected chi connectivity index (χ3v) is 2.99. The van der Waals surface area contributed by atoms with Gasteiger partial charge in [0.2, 0.25) is 0 Å². The molecule has 0 heterocycles. The molecule has 0 aromatic rings. The van der Waals surface area contributed by atoms with Crippen LogP contribution in [0.25, 0.3) is 0 Å². The van der Waals surface area contributed by atoms with E-state index in [4.69, 9.17) is 5.73 Å². The highest BCUT2D eigenvalue weighted by atomic mass is 19.1. The van der Waals surface area contributed by atoms with Crippen LogP contribution in [0.5, 0.6) is 0 Å². The average Bonchev–Trinajstić information content (AvgIpc) is 2.43. The van der Waals surface area contributed by atoms with Crippen molar-refractivity contribution in [1.29, 1.82) is 0 Å². The molecule has 13 heavy (non-hydrogen) atoms. The standard InChI is InChI=1S/C10H21FN2/c1-3-13(4-2)8-10(11)6-5-9(12)7-10/h9H,3-8,12H2,1-2H3. The molecular formula is C10H21FN2. The molecule has 2 unspecified atom stereocenters. The van der Waals surface area contributed by atoms with Crippen LogP contribution in [0.4, 0.5) is 4.39 Å². The Morgan fingerprint density at radius 1 is 1.46 bits per heavy atom. The summed E-state index contributed by atoms with van der Waals surface area (Å²) >= 11 is 0. The maximum atomic E-state index is 14.1. The van der Waals surface area contributed by atoms with E-state index in [1.807, 2.05) is 0 Å². The molecule has 0 bridgehead atoms. The lowest BCUT2D eigenvalue weighted by Gasteiger charge is -2.27. The zero-order chi connectivity index (χ0) is 9.90. The summed E-state index contributed by atoms with van der Waals surface area (Å²) < 4.78 is 14.1. The first-order chi connectivity index (χ1) is 6.09. The van der Waals surface area contributed by atoms with Gasteiger partial charge in [-0.3, -0.25) is 0 Å². The second-order valence-corrected chi connectivity index (χ2v) is 4.12. The monoisotopic (exact) mass is 188 g/mol. The van der Waals surface area contributed by atoms with Crippen LogP contribution in [0.2, 0.25) is 0 Å². The van der Waals surface area contributed by atoms with Crippen molar-refractivity contribution >= 4 is 0 Å². The molecule has 2 N–H and O–H groups in total. The number of rotatable bonds is 4. The van der Waals surface area contributed by atoms with Gasteiger partial charge in [-0.1, -0.05) is 13.8 Å². The fraction of sp³-hybridized carbons (Fsp3) is 1.00. The summed E-state index contributed by atoms with van der Waals surface area (Å²) in [5.74, 6) is 0. The van der Waals surface area contributed by atoms with Crippen LogP contribution in [0.15, 0.2) is 0 Å². The summed E-state index contributed by atoms with van der Waals surface area (Å²) in [5, 5.41) is 0. The first-order valence-electron chi connectivity index (χ1n) is 5.26. The van der Waals surface area contributed by atoms with Gasteiger partial charge in [0.05, 0.1) is 0 Å². The molecule has 0 spiro atoms. The van der Waals surface area contributed by atoms with Crippen molar-refractivity contribution < 1.29 is 4.39 Å². The van der Waals surface area contributed by atoms with Gasteiger partial charge in [0.15, 0.2) is 0 Å². The lowest BCUT2D eigenvalue weighted by molar-refractivity contribution is 0.103. The van der Waals surface area contributed by atoms with Gasteiger partial charge in [-0.05, 0) is 32.4 Å². The number of hydrogen-bond acceptors (Lipinski definition) is 2. The van der Waals surface area contributed by atoms with Crippen molar-refractivity contribution in [2.24, 2.45) is 5.73 Å². The first-order valence-corrected chi connectivity index (χ1v) is 5.26. The highest BCUT2D eigenvalue weighted by Crippen LogP contribution is 2.33. The molecule has 1 saturated carbocycles. The number of alkyl halides is 1. The van der Waals surface area contributed by atoms with E-state index in [-0.39, 0.29) is 6.04 Å². The van der Waals surface area contributed by atoms with Gasteiger partial charge in [0.25, 0.3) is 0 Å². The lowest BCUT2D eigenvalue weighted by Crippen LogP contribution is -2.38. The topological polar surface area (TPSA) is 29.3 Å². The van der Waals surface area contributed by atoms with Gasteiger partial charge in [0.1, 0.15) is 5.67 Å². The minimum atomic E-state index is -1.01. The highest BCUT2D eigenvalue weighted by Gasteiger charge is 2.38. The van der Waals surface area contributed by atoms with E-state index in [1.165, 1.54) is 0 Å². The van der Waals surface area contributed by atoms with Crippen LogP contribution >= 0.6 is 0 Å². The largest absolute Gasteiger partial charge is 0.328 e. The molecule has 0 aliphatic heterocycles. The number of nitrogens with two attached hydrogens (primary N) is 1. The van der Waals surface area contributed by atoms with Crippen molar-refractivity contribution in [3.8, 4) is 0 Å². The zero-order valence-electron chi connectivity index (χ0n) is 8.72. The van der Waals surface area contributed by atoms with E-state index in [9.17, 15) is 4.39 Å². The van der Waals surface area contributed by atoms with Crippen molar-refractivity contribution in [1.82, 2.24) is 4.90 Å². The molecule has 0 radical (unpaired) electrons. The van der Waals surface area contributed by atoms with Crippen LogP contribution in [0.1, 0.15) is 33.1 Å². The van der Waals surface area contributed by atoms with Crippen LogP contribution in [0.3, 0.4) is 0 Å². The molecule has 0 aromatic carbocycles. The Hall–Kier alpha value is -0.150. The Morgan fingerprint density at radius 3 is 2.46 bits per heavy atom. The van der Waals surface area contributed by atoms with Crippen molar-refractivity contribution in [2.45, 2.75) is 44.8 Å². The van der Waals surface area contributed by atoms with Crippen molar-refractivity contribution in [3.63, 3.8) is 0 Å². The molecule has 2 nitrogen and oxygen atoms in total. The second kappa shape index (κ2) is 4.38. The van der Waals surface area contributed by atoms with Crippen molar-refractivity contribution in [3.05, 3.63) is 0 Å². The molecule has 0 aromatic heterocycles. The molecule has 1 aliphatic carbocycles. The van der Waals surface area contributed by atoms with E-state index in [0.717, 1.165) is 19.5 Å². The van der Waals surface area contributed by atoms with Crippen LogP contribution in [0, 0.1) is 0 Å². The Morgan fingerprint density at radius 2 is 2.08 bits per heavy atom. The number of hydrogen-bond donors (Lipinski definition) is 1. The SMILES string of the molecule is CCN(CC)CC1(F)CCC(N)C1. The second-order valence-electron chi connectivity index (χ2n) is 4.12. The van der Waals surface area contributed by atoms with Gasteiger partial charge in [0, 0.05) is 12.6 Å². The summed E-state index contributed by atoms with van der Waals surface area (Å²) in [6, 6.07) is 0.0839. The van der Waals surface area contributed by atoms with Gasteiger partial charge in [-0.15, -0.1) is 0 Å². The molecule has 0 amide bonds. The smallest absolute Gasteiger partial charge is 0.125 e. The average molecular weight is 188 g/mol. The lowest BCUT2D eigenvalue weighted by atomic mass is 10.0. The van der Waals surface area contributed by atoms with Crippen molar-refractivity contribution in [2.75, 3.05) is 19.6 Å². The molecule has 3 heteroatoms. The highest BCUT2D eigenvalue weighted by molar-refractivity contribution is 4.93. The Labute approximate surface area is 80.3 Å². The van der Waals surface area contributed by atoms with E-state index in [2.05, 4.69) is 18.7 Å². The Balaban J connectivity index is 2.42. The predicted molar refractivity (Wildman–Crippen MR) is 53.5 cm³/mol. The molecule has 78 valence electrons. The fourth-order valence-corrected chi connectivity index (χ4v) is 2.11. The summed E-state index contributed by atoms with van der Waals surface area (Å²) in [6.45, 7) is 6.56. The van der Waals surface area contributed by atoms with E-state index in [1.54, 1.807) is 0 Å². The molecule has 1 aliphatic rings. The predicted octanol–water partition coefficient (Wildman–Crippen LogP) is 1.55. The Kier molecular flexibility index (Phi) is 3.68. The first kappa shape index (κ1) is 10.9. The minimum Gasteiger partial charge on any atom is -0.328 e. The van der Waals surface area contributed by atoms with Gasteiger partial charge >= 0.3 is 0 Å². The Bertz CT molecular complexity index is 159. The van der Waals surface area contributed by atoms with Gasteiger partial charge in [-0.25, -0.2) is 4.39 Å². The normalized spacial score (nSPS) is 34.4. The van der Waals surface area contributed by atoms with Crippen LogP contribution in [-0.2, 0) is 0 Å². The number of nitrogens with zero attached hydrogens (tertiary/aromatic N) is 1. The van der Waals surface area contributed by atoms with E-state index in [0.29, 0.717) is 19.4 Å². The molecule has 1 rings (SSSR count). The maximum absolute atomic E-state index is 14.1. The van der Waals surface area contributed by atoms with Gasteiger partial charge in [-0.2, -0.15) is 0 Å². The third kappa shape index (κ3) is 2.92. The summed E-state index contributed by atoms with van der Waals surface area (Å²) in [6.07, 6.45) is 2.03. The third-order valence-electron chi connectivity index (χ3n) is 2.99. The number of halogens is 1. The molecular weight excluding hydrogens is 167 g/mol. The van der Waals surface area contributed by atoms with E-state index >= 15 is 0 Å². The minimum absolute atomic E-state index is 0.0839. The molecule has 1 fully saturated rings. The fourth-order valence-electron chi connectivity index (χ4n) is 2.11.